The molecule has 0 aliphatic rings. The molecule has 0 spiro atoms. The van der Waals surface area contributed by atoms with Gasteiger partial charge in [-0.2, -0.15) is 0 Å². The molecule has 0 saturated heterocycles. The molecule has 3 N–H and O–H groups in total. The van der Waals surface area contributed by atoms with Gasteiger partial charge in [0.15, 0.2) is 8.32 Å². The molecule has 0 amide bonds. The third kappa shape index (κ3) is 8.68. The van der Waals surface area contributed by atoms with Crippen LogP contribution >= 0.6 is 0 Å². The van der Waals surface area contributed by atoms with Crippen LogP contribution in [0.2, 0.25) is 18.1 Å². The van der Waals surface area contributed by atoms with Crippen molar-refractivity contribution in [2.75, 3.05) is 6.54 Å². The molecule has 7 nitrogen and oxygen atoms in total. The van der Waals surface area contributed by atoms with Gasteiger partial charge in [-0.1, -0.05) is 81.4 Å². The standard InChI is InChI=1S/C36H46N2O5Si/c1-35(2,3)44(6,7)43-31(23-37-36(4,5)22-27-15-11-14-26(20-27)21-33(40)41)28-16-18-30(34-29(28)17-19-32(39)38-34)42-24-25-12-9-8-10-13-25/h8-20,31,37H,21-24H2,1-7H3,(H,38,39)(H,40,41)/t31-/m0/s1. The van der Waals surface area contributed by atoms with E-state index in [4.69, 9.17) is 9.16 Å². The molecule has 4 rings (SSSR count). The summed E-state index contributed by atoms with van der Waals surface area (Å²) in [7, 11) is -2.21. The molecule has 3 aromatic carbocycles. The number of aromatic nitrogens is 1. The lowest BCUT2D eigenvalue weighted by Crippen LogP contribution is -2.47. The lowest BCUT2D eigenvalue weighted by molar-refractivity contribution is -0.136. The zero-order valence-electron chi connectivity index (χ0n) is 27.0. The molecule has 0 radical (unpaired) electrons. The van der Waals surface area contributed by atoms with E-state index in [1.165, 1.54) is 0 Å². The van der Waals surface area contributed by atoms with Crippen molar-refractivity contribution in [3.8, 4) is 5.75 Å². The first kappa shape index (κ1) is 33.2. The van der Waals surface area contributed by atoms with Gasteiger partial charge in [-0.25, -0.2) is 0 Å². The Balaban J connectivity index is 1.65. The van der Waals surface area contributed by atoms with Crippen molar-refractivity contribution in [2.45, 2.75) is 83.8 Å². The highest BCUT2D eigenvalue weighted by Crippen LogP contribution is 2.41. The average molecular weight is 615 g/mol. The maximum Gasteiger partial charge on any atom is 0.307 e. The van der Waals surface area contributed by atoms with Crippen LogP contribution in [0.1, 0.15) is 63.0 Å². The second kappa shape index (κ2) is 13.5. The smallest absolute Gasteiger partial charge is 0.307 e. The summed E-state index contributed by atoms with van der Waals surface area (Å²) in [6, 6.07) is 25.1. The van der Waals surface area contributed by atoms with Gasteiger partial charge in [0.05, 0.1) is 18.0 Å². The highest BCUT2D eigenvalue weighted by atomic mass is 28.4. The highest BCUT2D eigenvalue weighted by molar-refractivity contribution is 6.74. The molecule has 0 unspecified atom stereocenters. The maximum atomic E-state index is 12.5. The maximum absolute atomic E-state index is 12.5. The number of H-pyrrole nitrogens is 1. The summed E-state index contributed by atoms with van der Waals surface area (Å²) in [5.41, 5.74) is 4.06. The molecule has 44 heavy (non-hydrogen) atoms. The molecule has 0 aliphatic heterocycles. The number of carboxylic acids is 1. The first-order valence-corrected chi connectivity index (χ1v) is 18.1. The Bertz CT molecular complexity index is 1640. The van der Waals surface area contributed by atoms with Crippen molar-refractivity contribution in [3.63, 3.8) is 0 Å². The third-order valence-corrected chi connectivity index (χ3v) is 13.0. The summed E-state index contributed by atoms with van der Waals surface area (Å²) < 4.78 is 13.3. The van der Waals surface area contributed by atoms with Crippen LogP contribution in [0.15, 0.2) is 83.7 Å². The van der Waals surface area contributed by atoms with E-state index in [9.17, 15) is 14.7 Å². The lowest BCUT2D eigenvalue weighted by Gasteiger charge is -2.40. The lowest BCUT2D eigenvalue weighted by atomic mass is 9.93. The summed E-state index contributed by atoms with van der Waals surface area (Å²) in [4.78, 5) is 26.8. The Hall–Kier alpha value is -3.72. The normalized spacial score (nSPS) is 13.2. The molecule has 8 heteroatoms. The Morgan fingerprint density at radius 1 is 0.909 bits per heavy atom. The summed E-state index contributed by atoms with van der Waals surface area (Å²) in [5, 5.41) is 13.9. The van der Waals surface area contributed by atoms with Gasteiger partial charge in [0.25, 0.3) is 0 Å². The predicted octanol–water partition coefficient (Wildman–Crippen LogP) is 7.41. The van der Waals surface area contributed by atoms with Crippen LogP contribution in [-0.2, 0) is 28.7 Å². The fourth-order valence-electron chi connectivity index (χ4n) is 5.10. The van der Waals surface area contributed by atoms with Crippen molar-refractivity contribution in [1.29, 1.82) is 0 Å². The number of rotatable bonds is 13. The second-order valence-electron chi connectivity index (χ2n) is 13.7. The predicted molar refractivity (Wildman–Crippen MR) is 180 cm³/mol. The molecule has 0 aliphatic carbocycles. The fraction of sp³-hybridized carbons (Fsp3) is 0.389. The number of hydrogen-bond acceptors (Lipinski definition) is 5. The van der Waals surface area contributed by atoms with E-state index >= 15 is 0 Å². The van der Waals surface area contributed by atoms with Gasteiger partial charge in [-0.15, -0.1) is 0 Å². The number of carbonyl (C=O) groups is 1. The number of aromatic amines is 1. The van der Waals surface area contributed by atoms with Crippen LogP contribution in [0.25, 0.3) is 10.9 Å². The number of carboxylic acid groups (broad SMARTS) is 1. The van der Waals surface area contributed by atoms with E-state index in [0.29, 0.717) is 30.8 Å². The van der Waals surface area contributed by atoms with Gasteiger partial charge in [-0.3, -0.25) is 9.59 Å². The summed E-state index contributed by atoms with van der Waals surface area (Å²) >= 11 is 0. The van der Waals surface area contributed by atoms with Crippen LogP contribution in [-0.4, -0.2) is 36.5 Å². The number of fused-ring (bicyclic) bond motifs is 1. The second-order valence-corrected chi connectivity index (χ2v) is 18.5. The molecule has 0 bridgehead atoms. The number of aliphatic carboxylic acids is 1. The van der Waals surface area contributed by atoms with Crippen LogP contribution in [0.4, 0.5) is 0 Å². The summed E-state index contributed by atoms with van der Waals surface area (Å²) in [6.45, 7) is 16.4. The number of benzene rings is 3. The summed E-state index contributed by atoms with van der Waals surface area (Å²) in [5.74, 6) is -0.221. The zero-order valence-corrected chi connectivity index (χ0v) is 28.0. The van der Waals surface area contributed by atoms with Crippen molar-refractivity contribution < 1.29 is 19.1 Å². The average Bonchev–Trinajstić information content (AvgIpc) is 2.93. The van der Waals surface area contributed by atoms with Crippen LogP contribution in [0.3, 0.4) is 0 Å². The van der Waals surface area contributed by atoms with Gasteiger partial charge in [0.2, 0.25) is 5.56 Å². The van der Waals surface area contributed by atoms with Crippen LogP contribution in [0, 0.1) is 0 Å². The number of nitrogens with one attached hydrogen (secondary N) is 2. The Morgan fingerprint density at radius 2 is 1.59 bits per heavy atom. The van der Waals surface area contributed by atoms with Gasteiger partial charge in [-0.05, 0) is 72.8 Å². The molecule has 234 valence electrons. The topological polar surface area (TPSA) is 101 Å². The molecule has 1 atom stereocenters. The van der Waals surface area contributed by atoms with Crippen molar-refractivity contribution in [2.24, 2.45) is 0 Å². The van der Waals surface area contributed by atoms with E-state index < -0.39 is 14.3 Å². The Labute approximate surface area is 261 Å². The van der Waals surface area contributed by atoms with E-state index in [0.717, 1.165) is 27.6 Å². The first-order chi connectivity index (χ1) is 20.6. The number of ether oxygens (including phenoxy) is 1. The minimum Gasteiger partial charge on any atom is -0.487 e. The van der Waals surface area contributed by atoms with Crippen LogP contribution in [0.5, 0.6) is 5.75 Å². The van der Waals surface area contributed by atoms with Crippen molar-refractivity contribution in [1.82, 2.24) is 10.3 Å². The molecule has 1 heterocycles. The van der Waals surface area contributed by atoms with E-state index in [1.54, 1.807) is 6.07 Å². The molecule has 1 aromatic heterocycles. The number of hydrogen-bond donors (Lipinski definition) is 3. The SMILES string of the molecule is CC(C)(Cc1cccc(CC(=O)O)c1)NC[C@H](O[Si](C)(C)C(C)(C)C)c1ccc(OCc2ccccc2)c2[nH]c(=O)ccc12. The van der Waals surface area contributed by atoms with Crippen molar-refractivity contribution in [3.05, 3.63) is 111 Å². The van der Waals surface area contributed by atoms with E-state index in [2.05, 4.69) is 64.1 Å². The largest absolute Gasteiger partial charge is 0.487 e. The minimum atomic E-state index is -2.21. The molecule has 0 fully saturated rings. The highest BCUT2D eigenvalue weighted by Gasteiger charge is 2.40. The molecular weight excluding hydrogens is 568 g/mol. The first-order valence-electron chi connectivity index (χ1n) is 15.2. The molecular formula is C36H46N2O5Si. The Morgan fingerprint density at radius 3 is 2.27 bits per heavy atom. The van der Waals surface area contributed by atoms with Gasteiger partial charge >= 0.3 is 5.97 Å². The quantitative estimate of drug-likeness (QED) is 0.136. The van der Waals surface area contributed by atoms with E-state index in [1.807, 2.05) is 66.7 Å². The van der Waals surface area contributed by atoms with Crippen molar-refractivity contribution >= 4 is 25.2 Å². The molecule has 0 saturated carbocycles. The minimum absolute atomic E-state index is 0.00432. The third-order valence-electron chi connectivity index (χ3n) is 8.48. The van der Waals surface area contributed by atoms with E-state index in [-0.39, 0.29) is 28.7 Å². The van der Waals surface area contributed by atoms with Gasteiger partial charge < -0.3 is 24.6 Å². The van der Waals surface area contributed by atoms with Gasteiger partial charge in [0, 0.05) is 23.5 Å². The summed E-state index contributed by atoms with van der Waals surface area (Å²) in [6.07, 6.45) is 0.433. The fourth-order valence-corrected chi connectivity index (χ4v) is 6.37. The molecule has 4 aromatic rings. The number of pyridine rings is 1. The monoisotopic (exact) mass is 614 g/mol. The zero-order chi connectivity index (χ0) is 32.1. The Kier molecular flexibility index (Phi) is 10.2. The van der Waals surface area contributed by atoms with Crippen LogP contribution < -0.4 is 15.6 Å². The van der Waals surface area contributed by atoms with Gasteiger partial charge in [0.1, 0.15) is 12.4 Å².